The summed E-state index contributed by atoms with van der Waals surface area (Å²) >= 11 is 9.48. The Kier molecular flexibility index (Phi) is 5.70. The fourth-order valence-corrected chi connectivity index (χ4v) is 2.88. The van der Waals surface area contributed by atoms with E-state index >= 15 is 0 Å². The van der Waals surface area contributed by atoms with Crippen LogP contribution in [-0.2, 0) is 11.2 Å². The number of benzene rings is 1. The predicted molar refractivity (Wildman–Crippen MR) is 94.2 cm³/mol. The molecule has 0 spiro atoms. The molecular weight excluding hydrogens is 382 g/mol. The molecule has 1 amide bonds. The van der Waals surface area contributed by atoms with Crippen molar-refractivity contribution in [2.24, 2.45) is 0 Å². The van der Waals surface area contributed by atoms with Crippen LogP contribution >= 0.6 is 27.5 Å². The molecule has 0 unspecified atom stereocenters. The third-order valence-electron chi connectivity index (χ3n) is 2.93. The van der Waals surface area contributed by atoms with Gasteiger partial charge in [0.05, 0.1) is 12.0 Å². The summed E-state index contributed by atoms with van der Waals surface area (Å²) in [6, 6.07) is 5.57. The van der Waals surface area contributed by atoms with Crippen molar-refractivity contribution in [1.29, 1.82) is 0 Å². The highest BCUT2D eigenvalue weighted by atomic mass is 79.9. The summed E-state index contributed by atoms with van der Waals surface area (Å²) in [4.78, 5) is 15.8. The zero-order valence-corrected chi connectivity index (χ0v) is 15.6. The minimum Gasteiger partial charge on any atom is -0.444 e. The zero-order chi connectivity index (χ0) is 17.0. The number of hydrogen-bond acceptors (Lipinski definition) is 3. The summed E-state index contributed by atoms with van der Waals surface area (Å²) in [6.45, 7) is 5.96. The lowest BCUT2D eigenvalue weighted by Crippen LogP contribution is -2.33. The van der Waals surface area contributed by atoms with Crippen molar-refractivity contribution >= 4 is 33.6 Å². The minimum absolute atomic E-state index is 0.420. The number of amides is 1. The van der Waals surface area contributed by atoms with Gasteiger partial charge in [-0.25, -0.2) is 9.78 Å². The average Bonchev–Trinajstić information content (AvgIpc) is 2.85. The number of rotatable bonds is 4. The molecule has 1 aromatic carbocycles. The van der Waals surface area contributed by atoms with E-state index in [0.29, 0.717) is 18.0 Å². The Morgan fingerprint density at radius 2 is 2.17 bits per heavy atom. The Bertz CT molecular complexity index is 695. The molecule has 0 saturated heterocycles. The van der Waals surface area contributed by atoms with Gasteiger partial charge in [0.15, 0.2) is 0 Å². The standard InChI is InChI=1S/C16H19BrClN3O2/c1-16(2,3)23-15(22)20-7-6-12-9-19-10-21(12)14-5-4-11(18)8-13(14)17/h4-5,8-10H,6-7H2,1-3H3,(H,20,22). The molecule has 0 aliphatic rings. The lowest BCUT2D eigenvalue weighted by Gasteiger charge is -2.19. The van der Waals surface area contributed by atoms with Gasteiger partial charge in [-0.15, -0.1) is 0 Å². The first-order chi connectivity index (χ1) is 10.8. The molecule has 1 N–H and O–H groups in total. The van der Waals surface area contributed by atoms with E-state index in [1.165, 1.54) is 0 Å². The molecule has 23 heavy (non-hydrogen) atoms. The Balaban J connectivity index is 2.01. The summed E-state index contributed by atoms with van der Waals surface area (Å²) in [5.41, 5.74) is 1.42. The minimum atomic E-state index is -0.500. The van der Waals surface area contributed by atoms with Gasteiger partial charge in [0.25, 0.3) is 0 Å². The smallest absolute Gasteiger partial charge is 0.407 e. The lowest BCUT2D eigenvalue weighted by molar-refractivity contribution is 0.0528. The van der Waals surface area contributed by atoms with E-state index in [-0.39, 0.29) is 0 Å². The van der Waals surface area contributed by atoms with Crippen LogP contribution in [0.4, 0.5) is 4.79 Å². The number of halogens is 2. The molecular formula is C16H19BrClN3O2. The molecule has 0 bridgehead atoms. The number of nitrogens with one attached hydrogen (secondary N) is 1. The molecule has 1 heterocycles. The van der Waals surface area contributed by atoms with Crippen LogP contribution in [0.3, 0.4) is 0 Å². The van der Waals surface area contributed by atoms with Gasteiger partial charge in [-0.1, -0.05) is 11.6 Å². The topological polar surface area (TPSA) is 56.1 Å². The van der Waals surface area contributed by atoms with Crippen LogP contribution < -0.4 is 5.32 Å². The Morgan fingerprint density at radius 1 is 1.43 bits per heavy atom. The molecule has 0 saturated carbocycles. The van der Waals surface area contributed by atoms with Crippen molar-refractivity contribution in [2.45, 2.75) is 32.8 Å². The second-order valence-electron chi connectivity index (χ2n) is 6.03. The van der Waals surface area contributed by atoms with Crippen molar-refractivity contribution in [3.8, 4) is 5.69 Å². The van der Waals surface area contributed by atoms with E-state index in [0.717, 1.165) is 15.9 Å². The van der Waals surface area contributed by atoms with E-state index < -0.39 is 11.7 Å². The van der Waals surface area contributed by atoms with Gasteiger partial charge in [-0.2, -0.15) is 0 Å². The highest BCUT2D eigenvalue weighted by molar-refractivity contribution is 9.10. The summed E-state index contributed by atoms with van der Waals surface area (Å²) < 4.78 is 8.04. The van der Waals surface area contributed by atoms with Crippen molar-refractivity contribution < 1.29 is 9.53 Å². The number of nitrogens with zero attached hydrogens (tertiary/aromatic N) is 2. The molecule has 0 radical (unpaired) electrons. The predicted octanol–water partition coefficient (Wildman–Crippen LogP) is 4.36. The maximum atomic E-state index is 11.7. The number of aromatic nitrogens is 2. The van der Waals surface area contributed by atoms with E-state index in [2.05, 4.69) is 26.2 Å². The Hall–Kier alpha value is -1.53. The van der Waals surface area contributed by atoms with Gasteiger partial charge in [0.1, 0.15) is 5.60 Å². The van der Waals surface area contributed by atoms with Gasteiger partial charge in [0, 0.05) is 34.4 Å². The zero-order valence-electron chi connectivity index (χ0n) is 13.3. The monoisotopic (exact) mass is 399 g/mol. The van der Waals surface area contributed by atoms with Gasteiger partial charge in [-0.05, 0) is 54.9 Å². The van der Waals surface area contributed by atoms with Crippen molar-refractivity contribution in [3.63, 3.8) is 0 Å². The van der Waals surface area contributed by atoms with Crippen LogP contribution in [0.15, 0.2) is 35.2 Å². The Labute approximate surface area is 149 Å². The fraction of sp³-hybridized carbons (Fsp3) is 0.375. The molecule has 1 aromatic heterocycles. The van der Waals surface area contributed by atoms with E-state index in [1.807, 2.05) is 43.5 Å². The lowest BCUT2D eigenvalue weighted by atomic mass is 10.2. The van der Waals surface area contributed by atoms with Crippen LogP contribution in [0.5, 0.6) is 0 Å². The van der Waals surface area contributed by atoms with E-state index in [4.69, 9.17) is 16.3 Å². The number of hydrogen-bond donors (Lipinski definition) is 1. The molecule has 7 heteroatoms. The maximum Gasteiger partial charge on any atom is 0.407 e. The summed E-state index contributed by atoms with van der Waals surface area (Å²) in [7, 11) is 0. The first-order valence-corrected chi connectivity index (χ1v) is 8.37. The van der Waals surface area contributed by atoms with Crippen LogP contribution in [-0.4, -0.2) is 27.8 Å². The fourth-order valence-electron chi connectivity index (χ4n) is 2.01. The van der Waals surface area contributed by atoms with Gasteiger partial charge >= 0.3 is 6.09 Å². The van der Waals surface area contributed by atoms with Crippen LogP contribution in [0.1, 0.15) is 26.5 Å². The number of carbonyl (C=O) groups excluding carboxylic acids is 1. The third-order valence-corrected chi connectivity index (χ3v) is 3.80. The van der Waals surface area contributed by atoms with Gasteiger partial charge < -0.3 is 14.6 Å². The quantitative estimate of drug-likeness (QED) is 0.830. The van der Waals surface area contributed by atoms with Crippen LogP contribution in [0.25, 0.3) is 5.69 Å². The second-order valence-corrected chi connectivity index (χ2v) is 7.32. The number of imidazole rings is 1. The largest absolute Gasteiger partial charge is 0.444 e. The number of carbonyl (C=O) groups is 1. The molecule has 0 fully saturated rings. The van der Waals surface area contributed by atoms with Crippen molar-refractivity contribution in [2.75, 3.05) is 6.54 Å². The first-order valence-electron chi connectivity index (χ1n) is 7.20. The highest BCUT2D eigenvalue weighted by Crippen LogP contribution is 2.25. The molecule has 5 nitrogen and oxygen atoms in total. The van der Waals surface area contributed by atoms with Crippen molar-refractivity contribution in [1.82, 2.24) is 14.9 Å². The molecule has 0 aliphatic heterocycles. The normalized spacial score (nSPS) is 11.3. The second kappa shape index (κ2) is 7.36. The Morgan fingerprint density at radius 3 is 2.83 bits per heavy atom. The van der Waals surface area contributed by atoms with Gasteiger partial charge in [-0.3, -0.25) is 0 Å². The first kappa shape index (κ1) is 17.8. The molecule has 124 valence electrons. The molecule has 0 aliphatic carbocycles. The highest BCUT2D eigenvalue weighted by Gasteiger charge is 2.16. The van der Waals surface area contributed by atoms with Crippen molar-refractivity contribution in [3.05, 3.63) is 45.9 Å². The number of alkyl carbamates (subject to hydrolysis) is 1. The summed E-state index contributed by atoms with van der Waals surface area (Å²) in [5.74, 6) is 0. The van der Waals surface area contributed by atoms with E-state index in [9.17, 15) is 4.79 Å². The van der Waals surface area contributed by atoms with E-state index in [1.54, 1.807) is 12.5 Å². The SMILES string of the molecule is CC(C)(C)OC(=O)NCCc1cncn1-c1ccc(Cl)cc1Br. The van der Waals surface area contributed by atoms with Crippen LogP contribution in [0.2, 0.25) is 5.02 Å². The molecule has 0 atom stereocenters. The maximum absolute atomic E-state index is 11.7. The van der Waals surface area contributed by atoms with Crippen LogP contribution in [0, 0.1) is 0 Å². The molecule has 2 aromatic rings. The summed E-state index contributed by atoms with van der Waals surface area (Å²) in [5, 5.41) is 3.41. The molecule has 2 rings (SSSR count). The average molecular weight is 401 g/mol. The third kappa shape index (κ3) is 5.25. The summed E-state index contributed by atoms with van der Waals surface area (Å²) in [6.07, 6.45) is 3.72. The van der Waals surface area contributed by atoms with Gasteiger partial charge in [0.2, 0.25) is 0 Å². The number of ether oxygens (including phenoxy) is 1.